The lowest BCUT2D eigenvalue weighted by atomic mass is 10.00. The average Bonchev–Trinajstić information content (AvgIpc) is 2.78. The molecule has 0 aliphatic carbocycles. The number of benzene rings is 2. The van der Waals surface area contributed by atoms with Crippen molar-refractivity contribution < 1.29 is 19.0 Å². The van der Waals surface area contributed by atoms with E-state index in [0.29, 0.717) is 49.1 Å². The number of halogens is 1. The largest absolute Gasteiger partial charge is 0.478 e. The monoisotopic (exact) mass is 440 g/mol. The highest BCUT2D eigenvalue weighted by Crippen LogP contribution is 2.30. The number of rotatable bonds is 5. The van der Waals surface area contributed by atoms with Crippen LogP contribution in [0.1, 0.15) is 34.5 Å². The third-order valence-corrected chi connectivity index (χ3v) is 5.77. The molecule has 9 heteroatoms. The summed E-state index contributed by atoms with van der Waals surface area (Å²) in [4.78, 5) is 31.4. The maximum Gasteiger partial charge on any atom is 0.337 e. The second kappa shape index (κ2) is 8.58. The number of nitrogens with one attached hydrogen (secondary N) is 1. The molecule has 2 N–H and O–H groups in total. The van der Waals surface area contributed by atoms with Gasteiger partial charge in [-0.15, -0.1) is 0 Å². The minimum Gasteiger partial charge on any atom is -0.478 e. The Labute approximate surface area is 184 Å². The number of hydrogen-bond acceptors (Lipinski definition) is 6. The quantitative estimate of drug-likeness (QED) is 0.629. The van der Waals surface area contributed by atoms with Crippen LogP contribution < -0.4 is 15.8 Å². The lowest BCUT2D eigenvalue weighted by molar-refractivity contribution is 0.0698. The molecule has 0 unspecified atom stereocenters. The second-order valence-corrected chi connectivity index (χ2v) is 7.91. The maximum atomic E-state index is 15.1. The first-order valence-corrected chi connectivity index (χ1v) is 10.4. The highest BCUT2D eigenvalue weighted by Gasteiger charge is 2.24. The van der Waals surface area contributed by atoms with Gasteiger partial charge in [0.25, 0.3) is 5.56 Å². The number of nitrogens with zero attached hydrogens (tertiary/aromatic N) is 3. The van der Waals surface area contributed by atoms with Crippen LogP contribution in [0.25, 0.3) is 10.9 Å². The third-order valence-electron chi connectivity index (χ3n) is 5.77. The molecule has 0 radical (unpaired) electrons. The summed E-state index contributed by atoms with van der Waals surface area (Å²) in [6.45, 7) is 5.63. The topological polar surface area (TPSA) is 96.7 Å². The standard InChI is InChI=1S/C23H25FN4O4/c1-13-12-16(14(2)25-17-7-5-4-6-15(17)22(30)31)20-18(19(13)24)21(29)27(3)23(26-20)28-8-10-32-11-9-28/h4-7,12,14,25H,8-11H2,1-3H3,(H,30,31)/t14-/m1/s1. The molecular weight excluding hydrogens is 415 g/mol. The first kappa shape index (κ1) is 21.8. The highest BCUT2D eigenvalue weighted by molar-refractivity contribution is 5.94. The van der Waals surface area contributed by atoms with E-state index in [-0.39, 0.29) is 16.5 Å². The number of aromatic nitrogens is 2. The van der Waals surface area contributed by atoms with Crippen molar-refractivity contribution in [1.82, 2.24) is 9.55 Å². The fourth-order valence-electron chi connectivity index (χ4n) is 4.04. The van der Waals surface area contributed by atoms with Crippen LogP contribution in [-0.4, -0.2) is 46.9 Å². The second-order valence-electron chi connectivity index (χ2n) is 7.91. The van der Waals surface area contributed by atoms with Gasteiger partial charge in [-0.05, 0) is 37.6 Å². The van der Waals surface area contributed by atoms with Gasteiger partial charge >= 0.3 is 5.97 Å². The number of carboxylic acids is 1. The number of carbonyl (C=O) groups is 1. The molecule has 0 saturated carbocycles. The maximum absolute atomic E-state index is 15.1. The summed E-state index contributed by atoms with van der Waals surface area (Å²) in [6.07, 6.45) is 0. The number of para-hydroxylation sites is 1. The number of carboxylic acid groups (broad SMARTS) is 1. The van der Waals surface area contributed by atoms with Crippen LogP contribution in [0.2, 0.25) is 0 Å². The first-order chi connectivity index (χ1) is 15.3. The van der Waals surface area contributed by atoms with Gasteiger partial charge < -0.3 is 20.1 Å². The number of fused-ring (bicyclic) bond motifs is 1. The van der Waals surface area contributed by atoms with E-state index in [9.17, 15) is 14.7 Å². The highest BCUT2D eigenvalue weighted by atomic mass is 19.1. The number of aryl methyl sites for hydroxylation is 1. The predicted octanol–water partition coefficient (Wildman–Crippen LogP) is 3.09. The Morgan fingerprint density at radius 3 is 2.66 bits per heavy atom. The molecule has 0 amide bonds. The Bertz CT molecular complexity index is 1250. The van der Waals surface area contributed by atoms with Gasteiger partial charge in [0.05, 0.1) is 30.3 Å². The lowest BCUT2D eigenvalue weighted by Gasteiger charge is -2.29. The van der Waals surface area contributed by atoms with E-state index in [1.54, 1.807) is 38.2 Å². The minimum atomic E-state index is -1.05. The summed E-state index contributed by atoms with van der Waals surface area (Å²) < 4.78 is 21.8. The molecule has 1 fully saturated rings. The van der Waals surface area contributed by atoms with E-state index < -0.39 is 23.4 Å². The zero-order chi connectivity index (χ0) is 23.0. The van der Waals surface area contributed by atoms with Crippen molar-refractivity contribution in [3.05, 3.63) is 63.2 Å². The van der Waals surface area contributed by atoms with Crippen LogP contribution in [0, 0.1) is 12.7 Å². The number of aromatic carboxylic acids is 1. The molecular formula is C23H25FN4O4. The van der Waals surface area contributed by atoms with E-state index in [0.717, 1.165) is 0 Å². The summed E-state index contributed by atoms with van der Waals surface area (Å²) in [5, 5.41) is 12.6. The number of morpholine rings is 1. The zero-order valence-electron chi connectivity index (χ0n) is 18.2. The zero-order valence-corrected chi connectivity index (χ0v) is 18.2. The molecule has 1 aliphatic heterocycles. The summed E-state index contributed by atoms with van der Waals surface area (Å²) in [5.74, 6) is -1.20. The van der Waals surface area contributed by atoms with Gasteiger partial charge in [0.15, 0.2) is 0 Å². The molecule has 1 aliphatic rings. The van der Waals surface area contributed by atoms with Crippen LogP contribution >= 0.6 is 0 Å². The van der Waals surface area contributed by atoms with Gasteiger partial charge in [-0.25, -0.2) is 14.2 Å². The summed E-state index contributed by atoms with van der Waals surface area (Å²) in [5.41, 5.74) is 1.31. The fraction of sp³-hybridized carbons (Fsp3) is 0.348. The molecule has 1 saturated heterocycles. The van der Waals surface area contributed by atoms with E-state index in [1.165, 1.54) is 10.6 Å². The van der Waals surface area contributed by atoms with Crippen LogP contribution in [-0.2, 0) is 11.8 Å². The fourth-order valence-corrected chi connectivity index (χ4v) is 4.04. The molecule has 8 nitrogen and oxygen atoms in total. The Morgan fingerprint density at radius 1 is 1.28 bits per heavy atom. The molecule has 2 heterocycles. The van der Waals surface area contributed by atoms with E-state index >= 15 is 4.39 Å². The van der Waals surface area contributed by atoms with Crippen molar-refractivity contribution in [1.29, 1.82) is 0 Å². The smallest absolute Gasteiger partial charge is 0.337 e. The Balaban J connectivity index is 1.87. The van der Waals surface area contributed by atoms with Crippen molar-refractivity contribution in [2.24, 2.45) is 7.05 Å². The van der Waals surface area contributed by atoms with Crippen LogP contribution in [0.15, 0.2) is 35.1 Å². The van der Waals surface area contributed by atoms with Crippen molar-refractivity contribution >= 4 is 28.5 Å². The SMILES string of the molecule is Cc1cc([C@@H](C)Nc2ccccc2C(=O)O)c2nc(N3CCOCC3)n(C)c(=O)c2c1F. The van der Waals surface area contributed by atoms with Gasteiger partial charge in [0.1, 0.15) is 11.2 Å². The van der Waals surface area contributed by atoms with Gasteiger partial charge in [-0.2, -0.15) is 0 Å². The van der Waals surface area contributed by atoms with E-state index in [2.05, 4.69) is 5.32 Å². The van der Waals surface area contributed by atoms with Gasteiger partial charge in [0, 0.05) is 31.4 Å². The average molecular weight is 440 g/mol. The number of hydrogen-bond donors (Lipinski definition) is 2. The van der Waals surface area contributed by atoms with E-state index in [4.69, 9.17) is 9.72 Å². The summed E-state index contributed by atoms with van der Waals surface area (Å²) in [6, 6.07) is 7.79. The molecule has 0 bridgehead atoms. The van der Waals surface area contributed by atoms with Crippen LogP contribution in [0.3, 0.4) is 0 Å². The molecule has 168 valence electrons. The van der Waals surface area contributed by atoms with Crippen molar-refractivity contribution in [3.63, 3.8) is 0 Å². The van der Waals surface area contributed by atoms with Gasteiger partial charge in [-0.3, -0.25) is 9.36 Å². The number of ether oxygens (including phenoxy) is 1. The molecule has 3 aromatic rings. The predicted molar refractivity (Wildman–Crippen MR) is 120 cm³/mol. The molecule has 2 aromatic carbocycles. The number of anilines is 2. The summed E-state index contributed by atoms with van der Waals surface area (Å²) in [7, 11) is 1.59. The molecule has 4 rings (SSSR count). The minimum absolute atomic E-state index is 0.0697. The Kier molecular flexibility index (Phi) is 5.84. The third kappa shape index (κ3) is 3.80. The molecule has 1 aromatic heterocycles. The summed E-state index contributed by atoms with van der Waals surface area (Å²) >= 11 is 0. The first-order valence-electron chi connectivity index (χ1n) is 10.4. The molecule has 32 heavy (non-hydrogen) atoms. The normalized spacial score (nSPS) is 15.1. The van der Waals surface area contributed by atoms with Crippen molar-refractivity contribution in [2.75, 3.05) is 36.5 Å². The van der Waals surface area contributed by atoms with Crippen molar-refractivity contribution in [3.8, 4) is 0 Å². The Morgan fingerprint density at radius 2 is 1.97 bits per heavy atom. The molecule has 1 atom stereocenters. The van der Waals surface area contributed by atoms with Crippen LogP contribution in [0.4, 0.5) is 16.0 Å². The van der Waals surface area contributed by atoms with Crippen LogP contribution in [0.5, 0.6) is 0 Å². The van der Waals surface area contributed by atoms with E-state index in [1.807, 2.05) is 11.8 Å². The lowest BCUT2D eigenvalue weighted by Crippen LogP contribution is -2.40. The van der Waals surface area contributed by atoms with Gasteiger partial charge in [0.2, 0.25) is 5.95 Å². The Hall–Kier alpha value is -3.46. The van der Waals surface area contributed by atoms with Gasteiger partial charge in [-0.1, -0.05) is 12.1 Å². The van der Waals surface area contributed by atoms with Crippen molar-refractivity contribution in [2.45, 2.75) is 19.9 Å². The molecule has 0 spiro atoms.